The summed E-state index contributed by atoms with van der Waals surface area (Å²) in [5.41, 5.74) is 7.58. The van der Waals surface area contributed by atoms with Crippen molar-refractivity contribution in [3.05, 3.63) is 140 Å². The SMILES string of the molecule is c1ccc(-c2cc(-c3ccccc3)nc(-n3c4ccccc4c4c5c6ccccc6sc5c5c6ccccc6oc5c43)n2)cc1. The van der Waals surface area contributed by atoms with Gasteiger partial charge in [-0.3, -0.25) is 4.57 Å². The molecular formula is C40H23N3OS. The maximum absolute atomic E-state index is 6.82. The first-order valence-electron chi connectivity index (χ1n) is 15.0. The summed E-state index contributed by atoms with van der Waals surface area (Å²) in [4.78, 5) is 10.6. The van der Waals surface area contributed by atoms with Gasteiger partial charge in [0.05, 0.1) is 16.9 Å². The monoisotopic (exact) mass is 593 g/mol. The van der Waals surface area contributed by atoms with Crippen molar-refractivity contribution in [2.45, 2.75) is 0 Å². The van der Waals surface area contributed by atoms with Crippen LogP contribution in [0, 0.1) is 0 Å². The van der Waals surface area contributed by atoms with Crippen molar-refractivity contribution >= 4 is 75.3 Å². The summed E-state index contributed by atoms with van der Waals surface area (Å²) in [6.07, 6.45) is 0. The highest BCUT2D eigenvalue weighted by Gasteiger charge is 2.26. The van der Waals surface area contributed by atoms with Gasteiger partial charge >= 0.3 is 0 Å². The van der Waals surface area contributed by atoms with Crippen LogP contribution in [0.25, 0.3) is 92.4 Å². The first-order valence-corrected chi connectivity index (χ1v) is 15.8. The van der Waals surface area contributed by atoms with E-state index < -0.39 is 0 Å². The third kappa shape index (κ3) is 3.53. The average Bonchev–Trinajstić information content (AvgIpc) is 3.78. The van der Waals surface area contributed by atoms with E-state index in [9.17, 15) is 0 Å². The molecule has 0 atom stereocenters. The highest BCUT2D eigenvalue weighted by Crippen LogP contribution is 2.50. The van der Waals surface area contributed by atoms with Gasteiger partial charge in [-0.2, -0.15) is 0 Å². The molecule has 0 fully saturated rings. The fourth-order valence-corrected chi connectivity index (χ4v) is 8.14. The van der Waals surface area contributed by atoms with E-state index in [2.05, 4.69) is 126 Å². The van der Waals surface area contributed by atoms with Crippen molar-refractivity contribution in [3.8, 4) is 28.5 Å². The van der Waals surface area contributed by atoms with E-state index in [4.69, 9.17) is 14.4 Å². The standard InChI is InChI=1S/C40H23N3OS/c1-3-13-24(14-4-1)29-23-30(25-15-5-2-6-16-25)42-40(41-29)43-31-20-10-7-17-26(31)34-35-28-19-9-12-22-33(28)45-39(35)36-27-18-8-11-21-32(27)44-38(36)37(34)43/h1-23H. The summed E-state index contributed by atoms with van der Waals surface area (Å²) in [7, 11) is 0. The predicted molar refractivity (Wildman–Crippen MR) is 187 cm³/mol. The van der Waals surface area contributed by atoms with Crippen molar-refractivity contribution < 1.29 is 4.42 Å². The minimum Gasteiger partial charge on any atom is -0.454 e. The Kier molecular flexibility index (Phi) is 5.12. The molecule has 4 heterocycles. The Hall–Kier alpha value is -5.78. The minimum absolute atomic E-state index is 0.613. The molecule has 10 rings (SSSR count). The van der Waals surface area contributed by atoms with Crippen LogP contribution in [-0.4, -0.2) is 14.5 Å². The number of aromatic nitrogens is 3. The Morgan fingerprint density at radius 1 is 0.533 bits per heavy atom. The third-order valence-corrected chi connectivity index (χ3v) is 10.00. The van der Waals surface area contributed by atoms with Crippen LogP contribution in [0.4, 0.5) is 0 Å². The molecule has 0 N–H and O–H groups in total. The molecule has 0 aliphatic rings. The zero-order valence-corrected chi connectivity index (χ0v) is 24.8. The van der Waals surface area contributed by atoms with Gasteiger partial charge in [-0.25, -0.2) is 9.97 Å². The Morgan fingerprint density at radius 3 is 1.87 bits per heavy atom. The number of thiophene rings is 1. The largest absolute Gasteiger partial charge is 0.454 e. The van der Waals surface area contributed by atoms with Gasteiger partial charge in [0, 0.05) is 52.8 Å². The molecule has 0 bridgehead atoms. The van der Waals surface area contributed by atoms with Gasteiger partial charge in [0.2, 0.25) is 5.95 Å². The average molecular weight is 594 g/mol. The van der Waals surface area contributed by atoms with Gasteiger partial charge in [-0.1, -0.05) is 115 Å². The topological polar surface area (TPSA) is 43.9 Å². The van der Waals surface area contributed by atoms with E-state index in [1.807, 2.05) is 29.5 Å². The van der Waals surface area contributed by atoms with E-state index in [0.717, 1.165) is 60.9 Å². The molecule has 0 saturated heterocycles. The first kappa shape index (κ1) is 24.6. The summed E-state index contributed by atoms with van der Waals surface area (Å²) < 4.78 is 11.6. The van der Waals surface area contributed by atoms with Crippen LogP contribution >= 0.6 is 11.3 Å². The highest BCUT2D eigenvalue weighted by molar-refractivity contribution is 7.27. The molecule has 4 nitrogen and oxygen atoms in total. The molecule has 0 spiro atoms. The van der Waals surface area contributed by atoms with Gasteiger partial charge < -0.3 is 4.42 Å². The molecule has 0 aliphatic carbocycles. The normalized spacial score (nSPS) is 12.0. The Bertz CT molecular complexity index is 2700. The zero-order chi connectivity index (χ0) is 29.5. The Balaban J connectivity index is 1.45. The van der Waals surface area contributed by atoms with Gasteiger partial charge in [-0.15, -0.1) is 11.3 Å². The number of furan rings is 1. The van der Waals surface area contributed by atoms with Crippen LogP contribution < -0.4 is 0 Å². The summed E-state index contributed by atoms with van der Waals surface area (Å²) in [6, 6.07) is 48.5. The van der Waals surface area contributed by atoms with Gasteiger partial charge in [0.25, 0.3) is 0 Å². The van der Waals surface area contributed by atoms with Crippen LogP contribution in [-0.2, 0) is 0 Å². The second-order valence-corrected chi connectivity index (χ2v) is 12.4. The number of benzene rings is 6. The Morgan fingerprint density at radius 2 is 1.13 bits per heavy atom. The van der Waals surface area contributed by atoms with Crippen molar-refractivity contribution in [2.75, 3.05) is 0 Å². The van der Waals surface area contributed by atoms with E-state index in [0.29, 0.717) is 5.95 Å². The summed E-state index contributed by atoms with van der Waals surface area (Å²) in [6.45, 7) is 0. The summed E-state index contributed by atoms with van der Waals surface area (Å²) in [5.74, 6) is 0.613. The molecule has 0 saturated carbocycles. The van der Waals surface area contributed by atoms with E-state index >= 15 is 0 Å². The van der Waals surface area contributed by atoms with Crippen molar-refractivity contribution in [2.24, 2.45) is 0 Å². The molecule has 0 amide bonds. The van der Waals surface area contributed by atoms with Crippen molar-refractivity contribution in [3.63, 3.8) is 0 Å². The number of fused-ring (bicyclic) bond motifs is 12. The number of hydrogen-bond donors (Lipinski definition) is 0. The number of hydrogen-bond acceptors (Lipinski definition) is 4. The molecule has 0 aliphatic heterocycles. The minimum atomic E-state index is 0.613. The molecule has 4 aromatic heterocycles. The summed E-state index contributed by atoms with van der Waals surface area (Å²) in [5, 5.41) is 7.08. The van der Waals surface area contributed by atoms with Gasteiger partial charge in [0.15, 0.2) is 5.58 Å². The third-order valence-electron chi connectivity index (χ3n) is 8.81. The lowest BCUT2D eigenvalue weighted by Crippen LogP contribution is -2.04. The molecule has 5 heteroatoms. The first-order chi connectivity index (χ1) is 22.3. The predicted octanol–water partition coefficient (Wildman–Crippen LogP) is 11.2. The van der Waals surface area contributed by atoms with E-state index in [-0.39, 0.29) is 0 Å². The lowest BCUT2D eigenvalue weighted by atomic mass is 10.0. The smallest absolute Gasteiger partial charge is 0.235 e. The van der Waals surface area contributed by atoms with Crippen LogP contribution in [0.2, 0.25) is 0 Å². The molecule has 10 aromatic rings. The maximum atomic E-state index is 6.82. The Labute approximate surface area is 261 Å². The second kappa shape index (κ2) is 9.36. The summed E-state index contributed by atoms with van der Waals surface area (Å²) >= 11 is 1.84. The lowest BCUT2D eigenvalue weighted by Gasteiger charge is -2.12. The maximum Gasteiger partial charge on any atom is 0.235 e. The second-order valence-electron chi connectivity index (χ2n) is 11.4. The molecule has 210 valence electrons. The van der Waals surface area contributed by atoms with Crippen molar-refractivity contribution in [1.29, 1.82) is 0 Å². The molecule has 6 aromatic carbocycles. The van der Waals surface area contributed by atoms with E-state index in [1.165, 1.54) is 25.6 Å². The number of rotatable bonds is 3. The number of para-hydroxylation sites is 2. The van der Waals surface area contributed by atoms with Gasteiger partial charge in [-0.05, 0) is 24.3 Å². The van der Waals surface area contributed by atoms with Crippen LogP contribution in [0.5, 0.6) is 0 Å². The van der Waals surface area contributed by atoms with Crippen molar-refractivity contribution in [1.82, 2.24) is 14.5 Å². The van der Waals surface area contributed by atoms with E-state index in [1.54, 1.807) is 0 Å². The fraction of sp³-hybridized carbons (Fsp3) is 0. The van der Waals surface area contributed by atoms with Crippen LogP contribution in [0.15, 0.2) is 144 Å². The molecule has 0 unspecified atom stereocenters. The quantitative estimate of drug-likeness (QED) is 0.205. The number of nitrogens with zero attached hydrogens (tertiary/aromatic N) is 3. The molecule has 45 heavy (non-hydrogen) atoms. The van der Waals surface area contributed by atoms with Crippen LogP contribution in [0.3, 0.4) is 0 Å². The lowest BCUT2D eigenvalue weighted by molar-refractivity contribution is 0.671. The molecule has 0 radical (unpaired) electrons. The zero-order valence-electron chi connectivity index (χ0n) is 23.9. The molecular weight excluding hydrogens is 571 g/mol. The van der Waals surface area contributed by atoms with Crippen LogP contribution in [0.1, 0.15) is 0 Å². The fourth-order valence-electron chi connectivity index (χ4n) is 6.87. The van der Waals surface area contributed by atoms with Gasteiger partial charge in [0.1, 0.15) is 11.1 Å². The highest BCUT2D eigenvalue weighted by atomic mass is 32.1.